The van der Waals surface area contributed by atoms with Crippen LogP contribution in [0.4, 0.5) is 0 Å². The highest BCUT2D eigenvalue weighted by atomic mass is 35.5. The number of hydrogen-bond acceptors (Lipinski definition) is 4. The Labute approximate surface area is 152 Å². The lowest BCUT2D eigenvalue weighted by atomic mass is 10.2. The minimum absolute atomic E-state index is 0.120. The fourth-order valence-corrected chi connectivity index (χ4v) is 3.61. The minimum Gasteiger partial charge on any atom is -0.358 e. The number of fused-ring (bicyclic) bond motifs is 2. The second-order valence-corrected chi connectivity index (χ2v) is 7.28. The molecule has 0 aliphatic rings. The van der Waals surface area contributed by atoms with Crippen molar-refractivity contribution in [1.29, 1.82) is 0 Å². The van der Waals surface area contributed by atoms with Crippen molar-refractivity contribution >= 4 is 55.4 Å². The summed E-state index contributed by atoms with van der Waals surface area (Å²) in [7, 11) is -4.34. The molecule has 0 amide bonds. The fourth-order valence-electron chi connectivity index (χ4n) is 2.52. The van der Waals surface area contributed by atoms with Crippen molar-refractivity contribution in [3.63, 3.8) is 0 Å². The first-order valence-electron chi connectivity index (χ1n) is 7.08. The van der Waals surface area contributed by atoms with Crippen LogP contribution >= 0.6 is 23.2 Å². The van der Waals surface area contributed by atoms with Crippen LogP contribution in [0.25, 0.3) is 21.8 Å². The first kappa shape index (κ1) is 16.1. The Morgan fingerprint density at radius 1 is 0.760 bits per heavy atom. The topological polar surface area (TPSA) is 84.2 Å². The van der Waals surface area contributed by atoms with E-state index in [4.69, 9.17) is 31.6 Å². The molecule has 0 spiro atoms. The predicted octanol–water partition coefficient (Wildman–Crippen LogP) is 4.66. The smallest absolute Gasteiger partial charge is 0.358 e. The Morgan fingerprint density at radius 3 is 1.64 bits per heavy atom. The molecule has 0 fully saturated rings. The van der Waals surface area contributed by atoms with Crippen LogP contribution < -0.4 is 8.37 Å². The Kier molecular flexibility index (Phi) is 3.79. The lowest BCUT2D eigenvalue weighted by Crippen LogP contribution is -2.16. The van der Waals surface area contributed by atoms with Crippen molar-refractivity contribution in [3.8, 4) is 11.5 Å². The van der Waals surface area contributed by atoms with Gasteiger partial charge in [-0.3, -0.25) is 0 Å². The molecular formula is C16H10Cl2N2O4S. The monoisotopic (exact) mass is 396 g/mol. The van der Waals surface area contributed by atoms with Gasteiger partial charge < -0.3 is 18.3 Å². The zero-order chi connectivity index (χ0) is 17.6. The van der Waals surface area contributed by atoms with Gasteiger partial charge >= 0.3 is 10.4 Å². The molecule has 2 aromatic heterocycles. The number of aromatic amines is 2. The van der Waals surface area contributed by atoms with Crippen LogP contribution in [-0.4, -0.2) is 18.4 Å². The molecule has 9 heteroatoms. The van der Waals surface area contributed by atoms with Crippen molar-refractivity contribution in [3.05, 3.63) is 58.8 Å². The van der Waals surface area contributed by atoms with Gasteiger partial charge in [-0.2, -0.15) is 0 Å². The summed E-state index contributed by atoms with van der Waals surface area (Å²) in [6.45, 7) is 0. The second-order valence-electron chi connectivity index (χ2n) is 5.26. The van der Waals surface area contributed by atoms with Crippen molar-refractivity contribution in [2.45, 2.75) is 0 Å². The molecule has 6 nitrogen and oxygen atoms in total. The van der Waals surface area contributed by atoms with Crippen LogP contribution in [0.1, 0.15) is 0 Å². The summed E-state index contributed by atoms with van der Waals surface area (Å²) in [5.74, 6) is 0.240. The molecule has 0 unspecified atom stereocenters. The Bertz CT molecular complexity index is 1110. The van der Waals surface area contributed by atoms with Crippen LogP contribution in [0.5, 0.6) is 11.5 Å². The van der Waals surface area contributed by atoms with E-state index in [1.807, 2.05) is 0 Å². The molecule has 0 saturated carbocycles. The van der Waals surface area contributed by atoms with Gasteiger partial charge in [0.1, 0.15) is 0 Å². The van der Waals surface area contributed by atoms with Gasteiger partial charge in [-0.25, -0.2) is 0 Å². The quantitative estimate of drug-likeness (QED) is 0.525. The maximum absolute atomic E-state index is 12.3. The Morgan fingerprint density at radius 2 is 1.20 bits per heavy atom. The standard InChI is InChI=1S/C16H10Cl2N2O4S/c17-9-1-3-11-13(5-9)19-7-15(11)23-25(21,22)24-16-8-20-14-6-10(18)2-4-12(14)16/h1-8,19-20H. The molecule has 0 aliphatic carbocycles. The van der Waals surface area contributed by atoms with Gasteiger partial charge in [-0.15, -0.1) is 8.42 Å². The highest BCUT2D eigenvalue weighted by Crippen LogP contribution is 2.31. The summed E-state index contributed by atoms with van der Waals surface area (Å²) in [6.07, 6.45) is 2.85. The van der Waals surface area contributed by atoms with E-state index in [-0.39, 0.29) is 11.5 Å². The second kappa shape index (κ2) is 5.87. The maximum Gasteiger partial charge on any atom is 0.501 e. The van der Waals surface area contributed by atoms with E-state index in [1.165, 1.54) is 12.4 Å². The number of rotatable bonds is 4. The van der Waals surface area contributed by atoms with Crippen molar-refractivity contribution in [2.24, 2.45) is 0 Å². The normalized spacial score (nSPS) is 11.9. The van der Waals surface area contributed by atoms with E-state index in [0.29, 0.717) is 31.9 Å². The largest absolute Gasteiger partial charge is 0.501 e. The highest BCUT2D eigenvalue weighted by Gasteiger charge is 2.20. The zero-order valence-corrected chi connectivity index (χ0v) is 14.7. The molecule has 4 rings (SSSR count). The van der Waals surface area contributed by atoms with Gasteiger partial charge in [0.25, 0.3) is 0 Å². The van der Waals surface area contributed by atoms with Crippen LogP contribution in [0.15, 0.2) is 48.8 Å². The lowest BCUT2D eigenvalue weighted by molar-refractivity contribution is 0.395. The van der Waals surface area contributed by atoms with Crippen molar-refractivity contribution < 1.29 is 16.8 Å². The molecule has 0 radical (unpaired) electrons. The molecule has 128 valence electrons. The summed E-state index contributed by atoms with van der Waals surface area (Å²) in [4.78, 5) is 5.79. The van der Waals surface area contributed by atoms with Gasteiger partial charge in [-0.1, -0.05) is 23.2 Å². The van der Waals surface area contributed by atoms with Gasteiger partial charge in [0.15, 0.2) is 11.5 Å². The average molecular weight is 397 g/mol. The summed E-state index contributed by atoms with van der Waals surface area (Å²) in [5, 5.41) is 2.19. The molecule has 2 heterocycles. The van der Waals surface area contributed by atoms with Gasteiger partial charge in [0.05, 0.1) is 11.0 Å². The average Bonchev–Trinajstić information content (AvgIpc) is 3.10. The SMILES string of the molecule is O=S(=O)(Oc1c[nH]c2cc(Cl)ccc12)Oc1c[nH]c2cc(Cl)ccc12. The number of aromatic nitrogens is 2. The van der Waals surface area contributed by atoms with Crippen LogP contribution in [0, 0.1) is 0 Å². The maximum atomic E-state index is 12.3. The summed E-state index contributed by atoms with van der Waals surface area (Å²) in [6, 6.07) is 9.93. The van der Waals surface area contributed by atoms with E-state index in [0.717, 1.165) is 0 Å². The van der Waals surface area contributed by atoms with Gasteiger partial charge in [0.2, 0.25) is 0 Å². The van der Waals surface area contributed by atoms with Crippen molar-refractivity contribution in [1.82, 2.24) is 9.97 Å². The number of nitrogens with one attached hydrogen (secondary N) is 2. The number of hydrogen-bond donors (Lipinski definition) is 2. The van der Waals surface area contributed by atoms with Gasteiger partial charge in [-0.05, 0) is 36.4 Å². The third-order valence-electron chi connectivity index (χ3n) is 3.60. The summed E-state index contributed by atoms with van der Waals surface area (Å²) < 4.78 is 34.7. The first-order valence-corrected chi connectivity index (χ1v) is 9.17. The lowest BCUT2D eigenvalue weighted by Gasteiger charge is -2.06. The van der Waals surface area contributed by atoms with Crippen molar-refractivity contribution in [2.75, 3.05) is 0 Å². The Hall–Kier alpha value is -2.35. The fraction of sp³-hybridized carbons (Fsp3) is 0. The zero-order valence-electron chi connectivity index (χ0n) is 12.4. The molecule has 0 aliphatic heterocycles. The molecule has 4 aromatic rings. The van der Waals surface area contributed by atoms with Crippen LogP contribution in [0.2, 0.25) is 10.0 Å². The third-order valence-corrected chi connectivity index (χ3v) is 4.83. The van der Waals surface area contributed by atoms with Gasteiger partial charge in [0, 0.05) is 33.2 Å². The molecular weight excluding hydrogens is 387 g/mol. The molecule has 2 aromatic carbocycles. The summed E-state index contributed by atoms with van der Waals surface area (Å²) in [5.41, 5.74) is 1.30. The van der Waals surface area contributed by atoms with Crippen LogP contribution in [0.3, 0.4) is 0 Å². The van der Waals surface area contributed by atoms with E-state index in [9.17, 15) is 8.42 Å². The third kappa shape index (κ3) is 3.13. The predicted molar refractivity (Wildman–Crippen MR) is 96.8 cm³/mol. The number of benzene rings is 2. The molecule has 25 heavy (non-hydrogen) atoms. The van der Waals surface area contributed by atoms with E-state index < -0.39 is 10.4 Å². The van der Waals surface area contributed by atoms with E-state index in [2.05, 4.69) is 9.97 Å². The summed E-state index contributed by atoms with van der Waals surface area (Å²) >= 11 is 11.8. The first-order chi connectivity index (χ1) is 11.9. The molecule has 2 N–H and O–H groups in total. The minimum atomic E-state index is -4.34. The number of H-pyrrole nitrogens is 2. The molecule has 0 bridgehead atoms. The molecule has 0 saturated heterocycles. The number of halogens is 2. The van der Waals surface area contributed by atoms with E-state index in [1.54, 1.807) is 36.4 Å². The molecule has 0 atom stereocenters. The highest BCUT2D eigenvalue weighted by molar-refractivity contribution is 7.82. The van der Waals surface area contributed by atoms with Crippen LogP contribution in [-0.2, 0) is 10.4 Å². The Balaban J connectivity index is 1.64. The van der Waals surface area contributed by atoms with E-state index >= 15 is 0 Å².